The summed E-state index contributed by atoms with van der Waals surface area (Å²) in [5, 5.41) is 6.94. The summed E-state index contributed by atoms with van der Waals surface area (Å²) in [6.07, 6.45) is 3.34. The summed E-state index contributed by atoms with van der Waals surface area (Å²) in [5.74, 6) is 1.09. The highest BCUT2D eigenvalue weighted by molar-refractivity contribution is 6.28. The van der Waals surface area contributed by atoms with Crippen molar-refractivity contribution in [3.8, 4) is 0 Å². The Morgan fingerprint density at radius 3 is 2.96 bits per heavy atom. The molecule has 4 rings (SSSR count). The summed E-state index contributed by atoms with van der Waals surface area (Å²) < 4.78 is 14.6. The summed E-state index contributed by atoms with van der Waals surface area (Å²) in [6, 6.07) is 1.82. The molecule has 6 nitrogen and oxygen atoms in total. The van der Waals surface area contributed by atoms with E-state index in [4.69, 9.17) is 11.6 Å². The van der Waals surface area contributed by atoms with Crippen molar-refractivity contribution in [1.29, 1.82) is 0 Å². The minimum absolute atomic E-state index is 0.0208. The molecule has 2 fully saturated rings. The van der Waals surface area contributed by atoms with E-state index in [1.165, 1.54) is 0 Å². The van der Waals surface area contributed by atoms with Crippen LogP contribution in [-0.2, 0) is 4.79 Å². The predicted molar refractivity (Wildman–Crippen MR) is 89.7 cm³/mol. The van der Waals surface area contributed by atoms with Gasteiger partial charge in [0.1, 0.15) is 17.1 Å². The van der Waals surface area contributed by atoms with E-state index in [1.807, 2.05) is 13.0 Å². The summed E-state index contributed by atoms with van der Waals surface area (Å²) in [7, 11) is 0. The Kier molecular flexibility index (Phi) is 3.63. The quantitative estimate of drug-likeness (QED) is 0.723. The largest absolute Gasteiger partial charge is 0.366 e. The highest BCUT2D eigenvalue weighted by Gasteiger charge is 2.46. The average molecular weight is 352 g/mol. The number of aromatic nitrogens is 3. The number of rotatable bonds is 5. The molecule has 2 aliphatic rings. The summed E-state index contributed by atoms with van der Waals surface area (Å²) in [5.41, 5.74) is -0.700. The monoisotopic (exact) mass is 351 g/mol. The fourth-order valence-electron chi connectivity index (χ4n) is 3.35. The van der Waals surface area contributed by atoms with E-state index in [1.54, 1.807) is 6.20 Å². The van der Waals surface area contributed by atoms with Crippen LogP contribution in [0.4, 0.5) is 10.2 Å². The molecule has 2 saturated carbocycles. The van der Waals surface area contributed by atoms with E-state index < -0.39 is 5.67 Å². The smallest absolute Gasteiger partial charge is 0.226 e. The molecule has 128 valence electrons. The number of carbonyl (C=O) groups excluding carboxylic acids is 1. The van der Waals surface area contributed by atoms with E-state index in [-0.39, 0.29) is 29.7 Å². The van der Waals surface area contributed by atoms with Gasteiger partial charge < -0.3 is 15.6 Å². The number of alkyl halides is 1. The third kappa shape index (κ3) is 2.92. The predicted octanol–water partition coefficient (Wildman–Crippen LogP) is 2.67. The second kappa shape index (κ2) is 5.58. The van der Waals surface area contributed by atoms with Crippen LogP contribution in [0.5, 0.6) is 0 Å². The lowest BCUT2D eigenvalue weighted by Crippen LogP contribution is -2.54. The normalized spacial score (nSPS) is 31.5. The number of aromatic amines is 1. The molecule has 0 radical (unpaired) electrons. The topological polar surface area (TPSA) is 82.7 Å². The molecule has 2 atom stereocenters. The first kappa shape index (κ1) is 15.6. The van der Waals surface area contributed by atoms with Crippen molar-refractivity contribution in [2.75, 3.05) is 11.9 Å². The minimum atomic E-state index is -1.35. The van der Waals surface area contributed by atoms with E-state index in [0.717, 1.165) is 11.8 Å². The van der Waals surface area contributed by atoms with Crippen molar-refractivity contribution in [2.24, 2.45) is 11.8 Å². The number of nitrogens with zero attached hydrogens (tertiary/aromatic N) is 2. The molecule has 1 amide bonds. The number of amides is 1. The van der Waals surface area contributed by atoms with Gasteiger partial charge in [-0.05, 0) is 30.0 Å². The van der Waals surface area contributed by atoms with Crippen molar-refractivity contribution >= 4 is 34.4 Å². The van der Waals surface area contributed by atoms with Gasteiger partial charge in [-0.15, -0.1) is 0 Å². The van der Waals surface area contributed by atoms with Crippen LogP contribution in [0.1, 0.15) is 26.2 Å². The zero-order chi connectivity index (χ0) is 16.9. The molecule has 8 heteroatoms. The van der Waals surface area contributed by atoms with Gasteiger partial charge in [0, 0.05) is 31.0 Å². The van der Waals surface area contributed by atoms with Gasteiger partial charge in [0.15, 0.2) is 0 Å². The Hall–Kier alpha value is -1.89. The van der Waals surface area contributed by atoms with E-state index >= 15 is 0 Å². The van der Waals surface area contributed by atoms with Crippen LogP contribution >= 0.6 is 11.6 Å². The zero-order valence-corrected chi connectivity index (χ0v) is 14.0. The third-order valence-corrected chi connectivity index (χ3v) is 5.15. The molecule has 0 bridgehead atoms. The number of anilines is 1. The van der Waals surface area contributed by atoms with Gasteiger partial charge in [-0.3, -0.25) is 4.79 Å². The van der Waals surface area contributed by atoms with Crippen LogP contribution in [0.3, 0.4) is 0 Å². The third-order valence-electron chi connectivity index (χ3n) is 4.98. The summed E-state index contributed by atoms with van der Waals surface area (Å²) in [6.45, 7) is 2.12. The van der Waals surface area contributed by atoms with Crippen LogP contribution in [0, 0.1) is 11.8 Å². The van der Waals surface area contributed by atoms with Crippen molar-refractivity contribution in [3.05, 3.63) is 17.5 Å². The van der Waals surface area contributed by atoms with Gasteiger partial charge in [0.05, 0.1) is 11.9 Å². The lowest BCUT2D eigenvalue weighted by atomic mass is 9.77. The molecule has 2 aliphatic carbocycles. The van der Waals surface area contributed by atoms with Crippen LogP contribution in [0.15, 0.2) is 12.3 Å². The second-order valence-electron chi connectivity index (χ2n) is 7.02. The van der Waals surface area contributed by atoms with Crippen molar-refractivity contribution in [3.63, 3.8) is 0 Å². The fraction of sp³-hybridized carbons (Fsp3) is 0.562. The van der Waals surface area contributed by atoms with E-state index in [0.29, 0.717) is 30.2 Å². The molecule has 2 aromatic heterocycles. The Morgan fingerprint density at radius 2 is 2.25 bits per heavy atom. The molecular formula is C16H19ClFN5O. The summed E-state index contributed by atoms with van der Waals surface area (Å²) in [4.78, 5) is 23.1. The highest BCUT2D eigenvalue weighted by Crippen LogP contribution is 2.40. The SMILES string of the molecule is CC1CC1C(=O)NCC1(F)CC(Nc2nc(Cl)nc3[nH]ccc23)C1. The van der Waals surface area contributed by atoms with Crippen molar-refractivity contribution in [1.82, 2.24) is 20.3 Å². The molecule has 0 spiro atoms. The maximum absolute atomic E-state index is 14.6. The number of carbonyl (C=O) groups is 1. The number of hydrogen-bond donors (Lipinski definition) is 3. The number of nitrogens with one attached hydrogen (secondary N) is 3. The van der Waals surface area contributed by atoms with Crippen LogP contribution in [0.2, 0.25) is 5.28 Å². The van der Waals surface area contributed by atoms with Gasteiger partial charge in [-0.1, -0.05) is 6.92 Å². The Bertz CT molecular complexity index is 788. The van der Waals surface area contributed by atoms with Gasteiger partial charge in [0.2, 0.25) is 11.2 Å². The fourth-order valence-corrected chi connectivity index (χ4v) is 3.52. The van der Waals surface area contributed by atoms with Crippen LogP contribution in [-0.4, -0.2) is 39.1 Å². The molecule has 3 N–H and O–H groups in total. The average Bonchev–Trinajstić information content (AvgIpc) is 3.04. The highest BCUT2D eigenvalue weighted by atomic mass is 35.5. The Labute approximate surface area is 143 Å². The van der Waals surface area contributed by atoms with Crippen LogP contribution in [0.25, 0.3) is 11.0 Å². The molecule has 0 saturated heterocycles. The lowest BCUT2D eigenvalue weighted by Gasteiger charge is -2.42. The van der Waals surface area contributed by atoms with E-state index in [9.17, 15) is 9.18 Å². The first-order valence-electron chi connectivity index (χ1n) is 8.17. The second-order valence-corrected chi connectivity index (χ2v) is 7.36. The van der Waals surface area contributed by atoms with Crippen molar-refractivity contribution in [2.45, 2.75) is 37.9 Å². The first-order chi connectivity index (χ1) is 11.4. The number of fused-ring (bicyclic) bond motifs is 1. The van der Waals surface area contributed by atoms with Crippen LogP contribution < -0.4 is 10.6 Å². The number of hydrogen-bond acceptors (Lipinski definition) is 4. The molecule has 0 aromatic carbocycles. The van der Waals surface area contributed by atoms with E-state index in [2.05, 4.69) is 25.6 Å². The first-order valence-corrected chi connectivity index (χ1v) is 8.55. The molecule has 0 aliphatic heterocycles. The van der Waals surface area contributed by atoms with Gasteiger partial charge in [0.25, 0.3) is 0 Å². The zero-order valence-electron chi connectivity index (χ0n) is 13.3. The summed E-state index contributed by atoms with van der Waals surface area (Å²) >= 11 is 5.91. The molecule has 2 aromatic rings. The molecule has 2 unspecified atom stereocenters. The van der Waals surface area contributed by atoms with Crippen molar-refractivity contribution < 1.29 is 9.18 Å². The standard InChI is InChI=1S/C16H19ClFN5O/c1-8-4-11(8)14(24)20-7-16(18)5-9(6-16)21-13-10-2-3-19-12(10)22-15(17)23-13/h2-3,8-9,11H,4-7H2,1H3,(H,20,24)(H2,19,21,22,23). The number of H-pyrrole nitrogens is 1. The molecule has 2 heterocycles. The Morgan fingerprint density at radius 1 is 1.50 bits per heavy atom. The lowest BCUT2D eigenvalue weighted by molar-refractivity contribution is -0.123. The molecular weight excluding hydrogens is 333 g/mol. The molecule has 24 heavy (non-hydrogen) atoms. The van der Waals surface area contributed by atoms with Gasteiger partial charge >= 0.3 is 0 Å². The Balaban J connectivity index is 1.33. The van der Waals surface area contributed by atoms with Gasteiger partial charge in [-0.25, -0.2) is 9.37 Å². The minimum Gasteiger partial charge on any atom is -0.366 e. The number of halogens is 2. The maximum atomic E-state index is 14.6. The van der Waals surface area contributed by atoms with Gasteiger partial charge in [-0.2, -0.15) is 4.98 Å². The maximum Gasteiger partial charge on any atom is 0.226 e.